The molecule has 0 spiro atoms. The molecule has 5 nitrogen and oxygen atoms in total. The number of alkyl halides is 1. The van der Waals surface area contributed by atoms with Crippen LogP contribution in [0.15, 0.2) is 18.2 Å². The molecule has 0 aliphatic heterocycles. The smallest absolute Gasteiger partial charge is 0.337 e. The number of benzene rings is 1. The normalized spacial score (nSPS) is 12.1. The Morgan fingerprint density at radius 2 is 1.89 bits per heavy atom. The maximum Gasteiger partial charge on any atom is 0.337 e. The van der Waals surface area contributed by atoms with Gasteiger partial charge in [0, 0.05) is 11.8 Å². The Hall–Kier alpha value is -1.40. The first-order chi connectivity index (χ1) is 8.45. The fourth-order valence-corrected chi connectivity index (χ4v) is 2.09. The highest BCUT2D eigenvalue weighted by Crippen LogP contribution is 2.21. The molecule has 1 unspecified atom stereocenters. The number of aryl methyl sites for hydroxylation is 1. The average Bonchev–Trinajstić information content (AvgIpc) is 2.34. The van der Waals surface area contributed by atoms with Crippen LogP contribution in [0.5, 0.6) is 0 Å². The molecule has 1 rings (SSSR count). The molecule has 1 aromatic rings. The second-order valence-corrected chi connectivity index (χ2v) is 4.36. The number of aliphatic carboxylic acids is 2. The fraction of sp³-hybridized carbons (Fsp3) is 0.333. The Kier molecular flexibility index (Phi) is 5.30. The third-order valence-corrected chi connectivity index (χ3v) is 3.14. The van der Waals surface area contributed by atoms with E-state index in [0.717, 1.165) is 11.1 Å². The van der Waals surface area contributed by atoms with Gasteiger partial charge in [0.1, 0.15) is 0 Å². The second-order valence-electron chi connectivity index (χ2n) is 3.80. The van der Waals surface area contributed by atoms with Crippen LogP contribution in [0.4, 0.5) is 0 Å². The SMILES string of the molecule is O=C(O)CCc1ccc(C(O)C(=O)O)cc1CBr. The van der Waals surface area contributed by atoms with Gasteiger partial charge < -0.3 is 15.3 Å². The molecule has 98 valence electrons. The highest BCUT2D eigenvalue weighted by atomic mass is 79.9. The summed E-state index contributed by atoms with van der Waals surface area (Å²) in [5.41, 5.74) is 1.90. The second kappa shape index (κ2) is 6.51. The molecule has 6 heteroatoms. The molecule has 0 amide bonds. The monoisotopic (exact) mass is 316 g/mol. The minimum absolute atomic E-state index is 0.0147. The Bertz CT molecular complexity index is 458. The zero-order chi connectivity index (χ0) is 13.7. The van der Waals surface area contributed by atoms with Crippen LogP contribution in [0.2, 0.25) is 0 Å². The molecule has 3 N–H and O–H groups in total. The van der Waals surface area contributed by atoms with Crippen LogP contribution in [-0.2, 0) is 21.3 Å². The van der Waals surface area contributed by atoms with Gasteiger partial charge in [0.2, 0.25) is 0 Å². The van der Waals surface area contributed by atoms with Gasteiger partial charge in [-0.25, -0.2) is 4.79 Å². The highest BCUT2D eigenvalue weighted by molar-refractivity contribution is 9.08. The first-order valence-corrected chi connectivity index (χ1v) is 6.38. The van der Waals surface area contributed by atoms with E-state index in [1.54, 1.807) is 12.1 Å². The molecule has 0 saturated heterocycles. The molecule has 0 aliphatic rings. The van der Waals surface area contributed by atoms with E-state index in [4.69, 9.17) is 10.2 Å². The number of aliphatic hydroxyl groups is 1. The number of halogens is 1. The van der Waals surface area contributed by atoms with E-state index in [-0.39, 0.29) is 12.0 Å². The van der Waals surface area contributed by atoms with Crippen molar-refractivity contribution in [2.45, 2.75) is 24.3 Å². The van der Waals surface area contributed by atoms with E-state index in [9.17, 15) is 14.7 Å². The van der Waals surface area contributed by atoms with Crippen LogP contribution >= 0.6 is 15.9 Å². The van der Waals surface area contributed by atoms with Gasteiger partial charge in [-0.2, -0.15) is 0 Å². The first-order valence-electron chi connectivity index (χ1n) is 5.26. The van der Waals surface area contributed by atoms with E-state index in [1.165, 1.54) is 6.07 Å². The number of carboxylic acid groups (broad SMARTS) is 2. The van der Waals surface area contributed by atoms with Crippen LogP contribution in [0, 0.1) is 0 Å². The fourth-order valence-electron chi connectivity index (χ4n) is 1.57. The topological polar surface area (TPSA) is 94.8 Å². The maximum absolute atomic E-state index is 10.7. The minimum Gasteiger partial charge on any atom is -0.481 e. The average molecular weight is 317 g/mol. The largest absolute Gasteiger partial charge is 0.481 e. The summed E-state index contributed by atoms with van der Waals surface area (Å²) in [6.45, 7) is 0. The Morgan fingerprint density at radius 1 is 1.22 bits per heavy atom. The predicted octanol–water partition coefficient (Wildman–Crippen LogP) is 1.72. The van der Waals surface area contributed by atoms with E-state index in [0.29, 0.717) is 11.8 Å². The van der Waals surface area contributed by atoms with Crippen molar-refractivity contribution in [1.82, 2.24) is 0 Å². The number of hydrogen-bond donors (Lipinski definition) is 3. The summed E-state index contributed by atoms with van der Waals surface area (Å²) in [4.78, 5) is 21.2. The minimum atomic E-state index is -1.56. The van der Waals surface area contributed by atoms with Crippen molar-refractivity contribution >= 4 is 27.9 Å². The van der Waals surface area contributed by atoms with Crippen molar-refractivity contribution in [3.8, 4) is 0 Å². The molecule has 0 heterocycles. The van der Waals surface area contributed by atoms with Gasteiger partial charge in [-0.1, -0.05) is 34.1 Å². The molecule has 0 saturated carbocycles. The van der Waals surface area contributed by atoms with Gasteiger partial charge in [-0.15, -0.1) is 0 Å². The van der Waals surface area contributed by atoms with E-state index in [1.807, 2.05) is 0 Å². The van der Waals surface area contributed by atoms with Crippen LogP contribution in [0.1, 0.15) is 29.2 Å². The molecule has 18 heavy (non-hydrogen) atoms. The lowest BCUT2D eigenvalue weighted by atomic mass is 9.99. The van der Waals surface area contributed by atoms with Crippen molar-refractivity contribution < 1.29 is 24.9 Å². The number of aliphatic hydroxyl groups excluding tert-OH is 1. The molecule has 0 fully saturated rings. The van der Waals surface area contributed by atoms with Crippen molar-refractivity contribution in [3.63, 3.8) is 0 Å². The van der Waals surface area contributed by atoms with Crippen LogP contribution in [-0.4, -0.2) is 27.3 Å². The van der Waals surface area contributed by atoms with E-state index in [2.05, 4.69) is 15.9 Å². The lowest BCUT2D eigenvalue weighted by Crippen LogP contribution is -2.11. The van der Waals surface area contributed by atoms with Gasteiger partial charge in [0.15, 0.2) is 6.10 Å². The predicted molar refractivity (Wildman–Crippen MR) is 67.6 cm³/mol. The number of carbonyl (C=O) groups is 2. The molecular weight excluding hydrogens is 304 g/mol. The van der Waals surface area contributed by atoms with Gasteiger partial charge in [0.05, 0.1) is 0 Å². The summed E-state index contributed by atoms with van der Waals surface area (Å²) in [5, 5.41) is 27.2. The van der Waals surface area contributed by atoms with Crippen molar-refractivity contribution in [2.75, 3.05) is 0 Å². The van der Waals surface area contributed by atoms with Crippen LogP contribution < -0.4 is 0 Å². The van der Waals surface area contributed by atoms with Gasteiger partial charge in [-0.05, 0) is 23.1 Å². The molecular formula is C12H13BrO5. The zero-order valence-electron chi connectivity index (χ0n) is 9.47. The van der Waals surface area contributed by atoms with E-state index >= 15 is 0 Å². The number of hydrogen-bond acceptors (Lipinski definition) is 3. The van der Waals surface area contributed by atoms with Crippen molar-refractivity contribution in [3.05, 3.63) is 34.9 Å². The molecule has 0 bridgehead atoms. The lowest BCUT2D eigenvalue weighted by molar-refractivity contribution is -0.147. The molecule has 1 aromatic carbocycles. The highest BCUT2D eigenvalue weighted by Gasteiger charge is 2.17. The van der Waals surface area contributed by atoms with E-state index < -0.39 is 18.0 Å². The summed E-state index contributed by atoms with van der Waals surface area (Å²) in [6, 6.07) is 4.73. The number of rotatable bonds is 6. The quantitative estimate of drug-likeness (QED) is 0.694. The van der Waals surface area contributed by atoms with Crippen LogP contribution in [0.25, 0.3) is 0 Å². The Labute approximate surface area is 112 Å². The summed E-state index contributed by atoms with van der Waals surface area (Å²) in [5.74, 6) is -2.20. The summed E-state index contributed by atoms with van der Waals surface area (Å²) in [7, 11) is 0. The van der Waals surface area contributed by atoms with Gasteiger partial charge >= 0.3 is 11.9 Å². The Balaban J connectivity index is 2.96. The number of carboxylic acids is 2. The molecule has 0 aromatic heterocycles. The zero-order valence-corrected chi connectivity index (χ0v) is 11.1. The third kappa shape index (κ3) is 3.82. The van der Waals surface area contributed by atoms with Gasteiger partial charge in [-0.3, -0.25) is 4.79 Å². The van der Waals surface area contributed by atoms with Crippen molar-refractivity contribution in [1.29, 1.82) is 0 Å². The summed E-state index contributed by atoms with van der Waals surface area (Å²) in [6.07, 6.45) is -1.17. The third-order valence-electron chi connectivity index (χ3n) is 2.53. The Morgan fingerprint density at radius 3 is 2.39 bits per heavy atom. The molecule has 0 aliphatic carbocycles. The standard InChI is InChI=1S/C12H13BrO5/c13-6-9-5-8(11(16)12(17)18)2-1-7(9)3-4-10(14)15/h1-2,5,11,16H,3-4,6H2,(H,14,15)(H,17,18). The van der Waals surface area contributed by atoms with Gasteiger partial charge in [0.25, 0.3) is 0 Å². The van der Waals surface area contributed by atoms with Crippen molar-refractivity contribution in [2.24, 2.45) is 0 Å². The van der Waals surface area contributed by atoms with Crippen LogP contribution in [0.3, 0.4) is 0 Å². The maximum atomic E-state index is 10.7. The first kappa shape index (κ1) is 14.7. The molecule has 0 radical (unpaired) electrons. The summed E-state index contributed by atoms with van der Waals surface area (Å²) < 4.78 is 0. The summed E-state index contributed by atoms with van der Waals surface area (Å²) >= 11 is 3.26. The lowest BCUT2D eigenvalue weighted by Gasteiger charge is -2.11. The molecule has 1 atom stereocenters.